The van der Waals surface area contributed by atoms with Gasteiger partial charge >= 0.3 is 0 Å². The number of benzene rings is 6. The quantitative estimate of drug-likeness (QED) is 0.170. The van der Waals surface area contributed by atoms with Crippen molar-refractivity contribution in [3.63, 3.8) is 0 Å². The van der Waals surface area contributed by atoms with Crippen LogP contribution in [0.4, 0.5) is 0 Å². The Kier molecular flexibility index (Phi) is 7.45. The third-order valence-corrected chi connectivity index (χ3v) is 9.06. The van der Waals surface area contributed by atoms with Crippen LogP contribution in [0.1, 0.15) is 0 Å². The average Bonchev–Trinajstić information content (AvgIpc) is 3.21. The highest BCUT2D eigenvalue weighted by molar-refractivity contribution is 6.04. The zero-order chi connectivity index (χ0) is 33.3. The molecule has 234 valence electrons. The van der Waals surface area contributed by atoms with E-state index < -0.39 is 0 Å². The van der Waals surface area contributed by atoms with Gasteiger partial charge in [0, 0.05) is 44.2 Å². The first-order chi connectivity index (χ1) is 24.8. The molecule has 9 rings (SSSR count). The maximum absolute atomic E-state index is 5.44. The van der Waals surface area contributed by atoms with Gasteiger partial charge in [-0.15, -0.1) is 0 Å². The van der Waals surface area contributed by atoms with Gasteiger partial charge in [-0.25, -0.2) is 19.9 Å². The summed E-state index contributed by atoms with van der Waals surface area (Å²) in [7, 11) is 0. The van der Waals surface area contributed by atoms with Crippen LogP contribution in [0.15, 0.2) is 182 Å². The van der Waals surface area contributed by atoms with E-state index >= 15 is 0 Å². The molecule has 0 atom stereocenters. The second-order valence-electron chi connectivity index (χ2n) is 12.3. The normalized spacial score (nSPS) is 11.2. The van der Waals surface area contributed by atoms with Crippen molar-refractivity contribution >= 4 is 21.8 Å². The maximum atomic E-state index is 5.44. The van der Waals surface area contributed by atoms with E-state index in [-0.39, 0.29) is 0 Å². The summed E-state index contributed by atoms with van der Waals surface area (Å²) in [6.07, 6.45) is 0. The molecule has 9 aromatic rings. The fourth-order valence-electron chi connectivity index (χ4n) is 6.55. The molecule has 0 saturated heterocycles. The van der Waals surface area contributed by atoms with E-state index in [0.29, 0.717) is 0 Å². The molecular formula is C46H30N4. The summed E-state index contributed by atoms with van der Waals surface area (Å²) in [5.41, 5.74) is 13.0. The predicted octanol–water partition coefficient (Wildman–Crippen LogP) is 11.6. The Morgan fingerprint density at radius 3 is 1.04 bits per heavy atom. The van der Waals surface area contributed by atoms with Gasteiger partial charge in [0.2, 0.25) is 0 Å². The van der Waals surface area contributed by atoms with E-state index in [2.05, 4.69) is 109 Å². The van der Waals surface area contributed by atoms with Gasteiger partial charge in [-0.05, 0) is 18.2 Å². The van der Waals surface area contributed by atoms with Crippen LogP contribution in [0, 0.1) is 0 Å². The number of hydrogen-bond donors (Lipinski definition) is 0. The third kappa shape index (κ3) is 5.49. The van der Waals surface area contributed by atoms with Gasteiger partial charge in [0.15, 0.2) is 0 Å². The van der Waals surface area contributed by atoms with Gasteiger partial charge in [-0.1, -0.05) is 164 Å². The van der Waals surface area contributed by atoms with Crippen molar-refractivity contribution in [3.8, 4) is 67.5 Å². The SMILES string of the molecule is c1ccc(-c2ccc3ccc4ccc(-c5cccc(-c6nc(-c7ccccc7)c(-c7ccccc7)nc6-c6ccccc6)c5)nc4c3n2)cc1. The Morgan fingerprint density at radius 1 is 0.240 bits per heavy atom. The van der Waals surface area contributed by atoms with Crippen LogP contribution in [0.25, 0.3) is 89.4 Å². The fourth-order valence-corrected chi connectivity index (χ4v) is 6.55. The molecule has 0 aliphatic carbocycles. The molecule has 0 aliphatic rings. The lowest BCUT2D eigenvalue weighted by molar-refractivity contribution is 1.21. The molecule has 0 unspecified atom stereocenters. The highest BCUT2D eigenvalue weighted by atomic mass is 14.9. The number of nitrogens with zero attached hydrogens (tertiary/aromatic N) is 4. The van der Waals surface area contributed by atoms with Crippen LogP contribution < -0.4 is 0 Å². The predicted molar refractivity (Wildman–Crippen MR) is 205 cm³/mol. The average molecular weight is 639 g/mol. The molecule has 4 heteroatoms. The Bertz CT molecular complexity index is 2620. The van der Waals surface area contributed by atoms with E-state index in [1.165, 1.54) is 0 Å². The fraction of sp³-hybridized carbons (Fsp3) is 0. The molecule has 0 bridgehead atoms. The molecule has 50 heavy (non-hydrogen) atoms. The minimum Gasteiger partial charge on any atom is -0.245 e. The minimum atomic E-state index is 0.817. The minimum absolute atomic E-state index is 0.817. The van der Waals surface area contributed by atoms with Gasteiger partial charge in [0.1, 0.15) is 0 Å². The largest absolute Gasteiger partial charge is 0.245 e. The van der Waals surface area contributed by atoms with Crippen LogP contribution in [0.3, 0.4) is 0 Å². The summed E-state index contributed by atoms with van der Waals surface area (Å²) >= 11 is 0. The zero-order valence-electron chi connectivity index (χ0n) is 27.1. The molecule has 3 aromatic heterocycles. The van der Waals surface area contributed by atoms with Crippen molar-refractivity contribution in [3.05, 3.63) is 182 Å². The van der Waals surface area contributed by atoms with Crippen molar-refractivity contribution in [2.24, 2.45) is 0 Å². The lowest BCUT2D eigenvalue weighted by Crippen LogP contribution is -2.01. The molecule has 0 radical (unpaired) electrons. The lowest BCUT2D eigenvalue weighted by Gasteiger charge is -2.16. The van der Waals surface area contributed by atoms with Crippen LogP contribution in [-0.4, -0.2) is 19.9 Å². The molecule has 0 saturated carbocycles. The van der Waals surface area contributed by atoms with Crippen LogP contribution in [-0.2, 0) is 0 Å². The van der Waals surface area contributed by atoms with Gasteiger partial charge < -0.3 is 0 Å². The van der Waals surface area contributed by atoms with E-state index in [4.69, 9.17) is 19.9 Å². The summed E-state index contributed by atoms with van der Waals surface area (Å²) in [5, 5.41) is 2.11. The van der Waals surface area contributed by atoms with E-state index in [0.717, 1.165) is 89.4 Å². The van der Waals surface area contributed by atoms with Crippen molar-refractivity contribution in [2.45, 2.75) is 0 Å². The third-order valence-electron chi connectivity index (χ3n) is 9.06. The van der Waals surface area contributed by atoms with Crippen molar-refractivity contribution in [2.75, 3.05) is 0 Å². The molecule has 4 nitrogen and oxygen atoms in total. The smallest absolute Gasteiger partial charge is 0.0973 e. The summed E-state index contributed by atoms with van der Waals surface area (Å²) < 4.78 is 0. The van der Waals surface area contributed by atoms with E-state index in [1.54, 1.807) is 0 Å². The lowest BCUT2D eigenvalue weighted by atomic mass is 9.98. The number of rotatable bonds is 6. The van der Waals surface area contributed by atoms with Gasteiger partial charge in [0.25, 0.3) is 0 Å². The first-order valence-electron chi connectivity index (χ1n) is 16.7. The number of aromatic nitrogens is 4. The molecule has 0 spiro atoms. The zero-order valence-corrected chi connectivity index (χ0v) is 27.1. The summed E-state index contributed by atoms with van der Waals surface area (Å²) in [4.78, 5) is 21.2. The summed E-state index contributed by atoms with van der Waals surface area (Å²) in [6, 6.07) is 62.4. The van der Waals surface area contributed by atoms with Crippen molar-refractivity contribution < 1.29 is 0 Å². The van der Waals surface area contributed by atoms with E-state index in [1.807, 2.05) is 72.8 Å². The summed E-state index contributed by atoms with van der Waals surface area (Å²) in [5.74, 6) is 0. The molecule has 3 heterocycles. The van der Waals surface area contributed by atoms with Gasteiger partial charge in [-0.3, -0.25) is 0 Å². The van der Waals surface area contributed by atoms with Crippen LogP contribution >= 0.6 is 0 Å². The first kappa shape index (κ1) is 29.4. The van der Waals surface area contributed by atoms with Gasteiger partial charge in [-0.2, -0.15) is 0 Å². The molecule has 0 N–H and O–H groups in total. The van der Waals surface area contributed by atoms with Crippen molar-refractivity contribution in [1.82, 2.24) is 19.9 Å². The highest BCUT2D eigenvalue weighted by Gasteiger charge is 2.20. The number of hydrogen-bond acceptors (Lipinski definition) is 4. The number of pyridine rings is 2. The van der Waals surface area contributed by atoms with Crippen LogP contribution in [0.5, 0.6) is 0 Å². The Morgan fingerprint density at radius 2 is 0.580 bits per heavy atom. The number of fused-ring (bicyclic) bond motifs is 3. The van der Waals surface area contributed by atoms with Crippen molar-refractivity contribution in [1.29, 1.82) is 0 Å². The first-order valence-corrected chi connectivity index (χ1v) is 16.7. The highest BCUT2D eigenvalue weighted by Crippen LogP contribution is 2.38. The Hall–Kier alpha value is -6.78. The van der Waals surface area contributed by atoms with E-state index in [9.17, 15) is 0 Å². The monoisotopic (exact) mass is 638 g/mol. The Labute approximate surface area is 290 Å². The second-order valence-corrected chi connectivity index (χ2v) is 12.3. The molecule has 0 aliphatic heterocycles. The second kappa shape index (κ2) is 12.7. The summed E-state index contributed by atoms with van der Waals surface area (Å²) in [6.45, 7) is 0. The molecule has 6 aromatic carbocycles. The molecule has 0 fully saturated rings. The van der Waals surface area contributed by atoms with Crippen LogP contribution in [0.2, 0.25) is 0 Å². The Balaban J connectivity index is 1.22. The standard InChI is InChI=1S/C46H30N4/c1-5-14-31(15-6-1)39-28-26-35-24-25-36-27-29-40(48-42(36)41(35)47-39)37-22-13-23-38(30-37)46-45(34-20-11-4-12-21-34)49-43(32-16-7-2-8-17-32)44(50-46)33-18-9-3-10-19-33/h1-30H. The van der Waals surface area contributed by atoms with Gasteiger partial charge in [0.05, 0.1) is 45.2 Å². The molecule has 0 amide bonds. The maximum Gasteiger partial charge on any atom is 0.0973 e. The topological polar surface area (TPSA) is 51.6 Å². The molecular weight excluding hydrogens is 609 g/mol.